The van der Waals surface area contributed by atoms with Crippen LogP contribution in [0, 0.1) is 0 Å². The Morgan fingerprint density at radius 1 is 1.39 bits per heavy atom. The average Bonchev–Trinajstić information content (AvgIpc) is 2.35. The van der Waals surface area contributed by atoms with Gasteiger partial charge in [-0.05, 0) is 19.9 Å². The first-order valence-electron chi connectivity index (χ1n) is 5.81. The predicted octanol–water partition coefficient (Wildman–Crippen LogP) is 1.36. The van der Waals surface area contributed by atoms with Crippen molar-refractivity contribution in [1.82, 2.24) is 20.6 Å². The first kappa shape index (κ1) is 16.8. The molecule has 1 rings (SSSR count). The summed E-state index contributed by atoms with van der Waals surface area (Å²) in [4.78, 5) is 20.0. The number of carbonyl (C=O) groups is 1. The molecule has 1 aromatic rings. The van der Waals surface area contributed by atoms with Gasteiger partial charge in [0.25, 0.3) is 5.91 Å². The van der Waals surface area contributed by atoms with E-state index in [0.717, 1.165) is 5.69 Å². The van der Waals surface area contributed by atoms with Crippen LogP contribution in [0.15, 0.2) is 12.5 Å². The van der Waals surface area contributed by atoms with Gasteiger partial charge in [0.15, 0.2) is 0 Å². The van der Waals surface area contributed by atoms with Gasteiger partial charge in [-0.2, -0.15) is 0 Å². The zero-order chi connectivity index (χ0) is 12.8. The number of carbonyl (C=O) groups excluding carboxylic acids is 1. The van der Waals surface area contributed by atoms with Gasteiger partial charge in [0.1, 0.15) is 6.33 Å². The van der Waals surface area contributed by atoms with Crippen LogP contribution in [0.25, 0.3) is 0 Å². The number of hydrogen-bond acceptors (Lipinski definition) is 4. The van der Waals surface area contributed by atoms with Crippen LogP contribution < -0.4 is 10.6 Å². The van der Waals surface area contributed by atoms with Crippen LogP contribution >= 0.6 is 12.4 Å². The Morgan fingerprint density at radius 2 is 2.06 bits per heavy atom. The van der Waals surface area contributed by atoms with Gasteiger partial charge in [-0.15, -0.1) is 12.4 Å². The molecule has 1 atom stereocenters. The van der Waals surface area contributed by atoms with Gasteiger partial charge >= 0.3 is 0 Å². The van der Waals surface area contributed by atoms with Crippen molar-refractivity contribution in [3.05, 3.63) is 23.8 Å². The number of halogens is 1. The van der Waals surface area contributed by atoms with E-state index in [-0.39, 0.29) is 30.3 Å². The van der Waals surface area contributed by atoms with E-state index >= 15 is 0 Å². The van der Waals surface area contributed by atoms with Crippen molar-refractivity contribution in [2.45, 2.75) is 32.7 Å². The van der Waals surface area contributed by atoms with Crippen molar-refractivity contribution in [1.29, 1.82) is 0 Å². The zero-order valence-electron chi connectivity index (χ0n) is 11.2. The van der Waals surface area contributed by atoms with Crippen molar-refractivity contribution >= 4 is 18.3 Å². The largest absolute Gasteiger partial charge is 0.350 e. The molecule has 0 saturated heterocycles. The quantitative estimate of drug-likeness (QED) is 0.849. The predicted molar refractivity (Wildman–Crippen MR) is 74.2 cm³/mol. The maximum Gasteiger partial charge on any atom is 0.254 e. The zero-order valence-corrected chi connectivity index (χ0v) is 12.0. The van der Waals surface area contributed by atoms with Crippen molar-refractivity contribution in [3.8, 4) is 0 Å². The lowest BCUT2D eigenvalue weighted by Gasteiger charge is -2.13. The molecule has 6 heteroatoms. The van der Waals surface area contributed by atoms with Gasteiger partial charge in [0, 0.05) is 18.8 Å². The molecular weight excluding hydrogens is 252 g/mol. The van der Waals surface area contributed by atoms with E-state index in [9.17, 15) is 4.79 Å². The first-order valence-corrected chi connectivity index (χ1v) is 5.81. The molecule has 1 heterocycles. The van der Waals surface area contributed by atoms with E-state index in [2.05, 4.69) is 20.6 Å². The second kappa shape index (κ2) is 8.00. The summed E-state index contributed by atoms with van der Waals surface area (Å²) < 4.78 is 0. The van der Waals surface area contributed by atoms with E-state index in [1.54, 1.807) is 6.20 Å². The highest BCUT2D eigenvalue weighted by Crippen LogP contribution is 2.15. The Labute approximate surface area is 114 Å². The van der Waals surface area contributed by atoms with Crippen molar-refractivity contribution in [2.24, 2.45) is 0 Å². The minimum absolute atomic E-state index is 0. The topological polar surface area (TPSA) is 66.9 Å². The highest BCUT2D eigenvalue weighted by atomic mass is 35.5. The molecule has 0 spiro atoms. The molecule has 0 bridgehead atoms. The molecule has 18 heavy (non-hydrogen) atoms. The molecule has 0 saturated carbocycles. The molecule has 0 aliphatic carbocycles. The molecule has 0 fully saturated rings. The van der Waals surface area contributed by atoms with Crippen LogP contribution in [0.3, 0.4) is 0 Å². The van der Waals surface area contributed by atoms with Gasteiger partial charge in [0.05, 0.1) is 11.3 Å². The molecule has 2 N–H and O–H groups in total. The van der Waals surface area contributed by atoms with Crippen LogP contribution in [0.1, 0.15) is 42.7 Å². The van der Waals surface area contributed by atoms with Crippen LogP contribution in [-0.4, -0.2) is 35.5 Å². The number of nitrogens with zero attached hydrogens (tertiary/aromatic N) is 2. The molecule has 102 valence electrons. The lowest BCUT2D eigenvalue weighted by atomic mass is 10.0. The summed E-state index contributed by atoms with van der Waals surface area (Å²) in [7, 11) is 1.86. The fourth-order valence-corrected chi connectivity index (χ4v) is 1.42. The highest BCUT2D eigenvalue weighted by molar-refractivity contribution is 5.95. The lowest BCUT2D eigenvalue weighted by molar-refractivity contribution is 0.0948. The third-order valence-electron chi connectivity index (χ3n) is 2.60. The molecule has 1 amide bonds. The SMILES string of the molecule is CNC(C)CNC(=O)c1cncnc1C(C)C.Cl. The minimum atomic E-state index is -0.114. The summed E-state index contributed by atoms with van der Waals surface area (Å²) in [6.45, 7) is 6.61. The Morgan fingerprint density at radius 3 is 2.61 bits per heavy atom. The molecular formula is C12H21ClN4O. The molecule has 0 aliphatic heterocycles. The minimum Gasteiger partial charge on any atom is -0.350 e. The number of aromatic nitrogens is 2. The maximum atomic E-state index is 12.0. The van der Waals surface area contributed by atoms with Gasteiger partial charge < -0.3 is 10.6 Å². The van der Waals surface area contributed by atoms with Crippen LogP contribution in [-0.2, 0) is 0 Å². The molecule has 5 nitrogen and oxygen atoms in total. The van der Waals surface area contributed by atoms with E-state index in [0.29, 0.717) is 12.1 Å². The van der Waals surface area contributed by atoms with Gasteiger partial charge in [-0.3, -0.25) is 4.79 Å². The molecule has 1 aromatic heterocycles. The van der Waals surface area contributed by atoms with Crippen molar-refractivity contribution in [2.75, 3.05) is 13.6 Å². The number of rotatable bonds is 5. The normalized spacial score (nSPS) is 11.8. The summed E-state index contributed by atoms with van der Waals surface area (Å²) >= 11 is 0. The number of amides is 1. The Balaban J connectivity index is 0.00000289. The molecule has 0 aliphatic rings. The third-order valence-corrected chi connectivity index (χ3v) is 2.60. The fraction of sp³-hybridized carbons (Fsp3) is 0.583. The van der Waals surface area contributed by atoms with E-state index in [4.69, 9.17) is 0 Å². The average molecular weight is 273 g/mol. The molecule has 0 radical (unpaired) electrons. The summed E-state index contributed by atoms with van der Waals surface area (Å²) in [5, 5.41) is 5.93. The summed E-state index contributed by atoms with van der Waals surface area (Å²) in [6, 6.07) is 0.242. The number of likely N-dealkylation sites (N-methyl/N-ethyl adjacent to an activating group) is 1. The second-order valence-electron chi connectivity index (χ2n) is 4.38. The first-order chi connectivity index (χ1) is 8.06. The fourth-order valence-electron chi connectivity index (χ4n) is 1.42. The lowest BCUT2D eigenvalue weighted by Crippen LogP contribution is -2.37. The molecule has 1 unspecified atom stereocenters. The summed E-state index contributed by atoms with van der Waals surface area (Å²) in [5.41, 5.74) is 1.35. The number of hydrogen-bond donors (Lipinski definition) is 2. The van der Waals surface area contributed by atoms with Gasteiger partial charge in [0.2, 0.25) is 0 Å². The number of nitrogens with one attached hydrogen (secondary N) is 2. The van der Waals surface area contributed by atoms with E-state index in [1.165, 1.54) is 6.33 Å². The van der Waals surface area contributed by atoms with Crippen LogP contribution in [0.5, 0.6) is 0 Å². The second-order valence-corrected chi connectivity index (χ2v) is 4.38. The van der Waals surface area contributed by atoms with Gasteiger partial charge in [-0.1, -0.05) is 13.8 Å². The van der Waals surface area contributed by atoms with Crippen LogP contribution in [0.4, 0.5) is 0 Å². The van der Waals surface area contributed by atoms with Crippen LogP contribution in [0.2, 0.25) is 0 Å². The van der Waals surface area contributed by atoms with Crippen molar-refractivity contribution in [3.63, 3.8) is 0 Å². The van der Waals surface area contributed by atoms with E-state index < -0.39 is 0 Å². The monoisotopic (exact) mass is 272 g/mol. The van der Waals surface area contributed by atoms with E-state index in [1.807, 2.05) is 27.8 Å². The summed E-state index contributed by atoms with van der Waals surface area (Å²) in [6.07, 6.45) is 3.05. The third kappa shape index (κ3) is 4.58. The molecule has 0 aromatic carbocycles. The highest BCUT2D eigenvalue weighted by Gasteiger charge is 2.15. The summed E-state index contributed by atoms with van der Waals surface area (Å²) in [5.74, 6) is 0.0943. The standard InChI is InChI=1S/C12H20N4O.ClH/c1-8(2)11-10(6-14-7-16-11)12(17)15-5-9(3)13-4;/h6-9,13H,5H2,1-4H3,(H,15,17);1H. The maximum absolute atomic E-state index is 12.0. The van der Waals surface area contributed by atoms with Crippen molar-refractivity contribution < 1.29 is 4.79 Å². The Hall–Kier alpha value is -1.20. The smallest absolute Gasteiger partial charge is 0.254 e. The Kier molecular flexibility index (Phi) is 7.47. The Bertz CT molecular complexity index is 384. The van der Waals surface area contributed by atoms with Gasteiger partial charge in [-0.25, -0.2) is 9.97 Å².